The fraction of sp³-hybridized carbons (Fsp3) is 0.174. The van der Waals surface area contributed by atoms with Gasteiger partial charge in [0.2, 0.25) is 5.95 Å². The summed E-state index contributed by atoms with van der Waals surface area (Å²) in [5, 5.41) is 4.00. The molecule has 172 valence electrons. The Labute approximate surface area is 192 Å². The van der Waals surface area contributed by atoms with Crippen LogP contribution in [0.2, 0.25) is 0 Å². The molecule has 11 heteroatoms. The molecule has 1 aliphatic rings. The molecule has 0 spiro atoms. The second kappa shape index (κ2) is 8.43. The summed E-state index contributed by atoms with van der Waals surface area (Å²) in [5.41, 5.74) is 6.79. The number of carbonyl (C=O) groups is 3. The number of aromatic nitrogens is 4. The Morgan fingerprint density at radius 3 is 2.35 bits per heavy atom. The van der Waals surface area contributed by atoms with Crippen molar-refractivity contribution in [3.8, 4) is 5.69 Å². The molecular weight excluding hydrogens is 441 g/mol. The first kappa shape index (κ1) is 21.3. The molecule has 3 N–H and O–H groups in total. The predicted molar refractivity (Wildman–Crippen MR) is 121 cm³/mol. The number of Topliss-reactive ketones (excluding diaryl/α,β-unsaturated/α-hetero) is 1. The van der Waals surface area contributed by atoms with Crippen molar-refractivity contribution in [1.29, 1.82) is 0 Å². The number of aromatic amines is 1. The first-order valence-corrected chi connectivity index (χ1v) is 10.6. The maximum Gasteiger partial charge on any atom is 0.295 e. The van der Waals surface area contributed by atoms with Crippen molar-refractivity contribution in [1.82, 2.24) is 29.5 Å². The van der Waals surface area contributed by atoms with Gasteiger partial charge in [-0.1, -0.05) is 18.2 Å². The van der Waals surface area contributed by atoms with Crippen LogP contribution in [0.25, 0.3) is 16.6 Å². The smallest absolute Gasteiger partial charge is 0.295 e. The molecule has 2 aromatic carbocycles. The van der Waals surface area contributed by atoms with Crippen molar-refractivity contribution in [2.24, 2.45) is 0 Å². The van der Waals surface area contributed by atoms with Gasteiger partial charge in [0.05, 0.1) is 16.8 Å². The van der Waals surface area contributed by atoms with Gasteiger partial charge in [0.25, 0.3) is 17.6 Å². The van der Waals surface area contributed by atoms with Crippen LogP contribution in [-0.4, -0.2) is 73.3 Å². The standard InChI is InChI=1S/C23H20FN7O3/c24-16-6-7-17(31-13-27-23(25)28-31)19-18(16)15(12-26-19)20(32)22(34)30-10-8-29(9-11-30)21(33)14-4-2-1-3-5-14/h1-7,12-13,26H,8-11H2,(H2,25,28). The molecule has 0 aliphatic carbocycles. The molecule has 0 radical (unpaired) electrons. The molecule has 10 nitrogen and oxygen atoms in total. The molecule has 0 bridgehead atoms. The van der Waals surface area contributed by atoms with Crippen molar-refractivity contribution in [2.45, 2.75) is 0 Å². The van der Waals surface area contributed by atoms with E-state index in [2.05, 4.69) is 15.1 Å². The zero-order valence-corrected chi connectivity index (χ0v) is 17.9. The molecule has 3 heterocycles. The van der Waals surface area contributed by atoms with Gasteiger partial charge >= 0.3 is 0 Å². The number of hydrogen-bond donors (Lipinski definition) is 2. The van der Waals surface area contributed by atoms with E-state index in [1.807, 2.05) is 6.07 Å². The van der Waals surface area contributed by atoms with Crippen molar-refractivity contribution in [3.05, 3.63) is 71.9 Å². The van der Waals surface area contributed by atoms with Gasteiger partial charge in [0.15, 0.2) is 0 Å². The highest BCUT2D eigenvalue weighted by Crippen LogP contribution is 2.28. The molecule has 0 saturated carbocycles. The summed E-state index contributed by atoms with van der Waals surface area (Å²) in [4.78, 5) is 48.4. The van der Waals surface area contributed by atoms with Gasteiger partial charge in [-0.2, -0.15) is 0 Å². The number of nitrogen functional groups attached to an aromatic ring is 1. The summed E-state index contributed by atoms with van der Waals surface area (Å²) in [6, 6.07) is 11.5. The molecule has 5 rings (SSSR count). The topological polar surface area (TPSA) is 130 Å². The average Bonchev–Trinajstić information content (AvgIpc) is 3.51. The second-order valence-corrected chi connectivity index (χ2v) is 7.85. The number of nitrogens with two attached hydrogens (primary N) is 1. The maximum absolute atomic E-state index is 14.7. The number of hydrogen-bond acceptors (Lipinski definition) is 6. The summed E-state index contributed by atoms with van der Waals surface area (Å²) in [6.07, 6.45) is 2.68. The third-order valence-corrected chi connectivity index (χ3v) is 5.83. The highest BCUT2D eigenvalue weighted by molar-refractivity contribution is 6.45. The van der Waals surface area contributed by atoms with E-state index in [0.29, 0.717) is 29.9 Å². The minimum absolute atomic E-state index is 0.0113. The van der Waals surface area contributed by atoms with Crippen LogP contribution >= 0.6 is 0 Å². The summed E-state index contributed by atoms with van der Waals surface area (Å²) >= 11 is 0. The van der Waals surface area contributed by atoms with E-state index >= 15 is 0 Å². The Balaban J connectivity index is 1.35. The van der Waals surface area contributed by atoms with Gasteiger partial charge in [0, 0.05) is 43.3 Å². The number of nitrogens with zero attached hydrogens (tertiary/aromatic N) is 5. The van der Waals surface area contributed by atoms with Crippen LogP contribution in [0.4, 0.5) is 10.3 Å². The van der Waals surface area contributed by atoms with E-state index in [1.165, 1.54) is 34.2 Å². The normalized spacial score (nSPS) is 13.9. The summed E-state index contributed by atoms with van der Waals surface area (Å²) in [7, 11) is 0. The van der Waals surface area contributed by atoms with Crippen LogP contribution in [-0.2, 0) is 4.79 Å². The molecule has 34 heavy (non-hydrogen) atoms. The van der Waals surface area contributed by atoms with E-state index in [0.717, 1.165) is 0 Å². The van der Waals surface area contributed by atoms with Gasteiger partial charge < -0.3 is 20.5 Å². The van der Waals surface area contributed by atoms with Crippen molar-refractivity contribution in [2.75, 3.05) is 31.9 Å². The largest absolute Gasteiger partial charge is 0.366 e. The van der Waals surface area contributed by atoms with Crippen molar-refractivity contribution >= 4 is 34.4 Å². The molecule has 2 aromatic heterocycles. The number of rotatable bonds is 4. The molecule has 1 aliphatic heterocycles. The number of amides is 2. The first-order valence-electron chi connectivity index (χ1n) is 10.6. The Kier molecular flexibility index (Phi) is 5.28. The van der Waals surface area contributed by atoms with Crippen LogP contribution in [0.3, 0.4) is 0 Å². The summed E-state index contributed by atoms with van der Waals surface area (Å²) < 4.78 is 16.1. The highest BCUT2D eigenvalue weighted by Gasteiger charge is 2.31. The Morgan fingerprint density at radius 1 is 0.971 bits per heavy atom. The number of halogens is 1. The van der Waals surface area contributed by atoms with Gasteiger partial charge in [-0.3, -0.25) is 14.4 Å². The van der Waals surface area contributed by atoms with Crippen molar-refractivity contribution in [3.63, 3.8) is 0 Å². The number of piperazine rings is 1. The number of nitrogens with one attached hydrogen (secondary N) is 1. The molecule has 0 atom stereocenters. The maximum atomic E-state index is 14.7. The zero-order valence-electron chi connectivity index (χ0n) is 17.9. The lowest BCUT2D eigenvalue weighted by Crippen LogP contribution is -2.52. The van der Waals surface area contributed by atoms with E-state index in [1.54, 1.807) is 29.2 Å². The van der Waals surface area contributed by atoms with E-state index < -0.39 is 17.5 Å². The number of H-pyrrole nitrogens is 1. The molecule has 1 saturated heterocycles. The third-order valence-electron chi connectivity index (χ3n) is 5.83. The van der Waals surface area contributed by atoms with E-state index in [-0.39, 0.29) is 35.9 Å². The van der Waals surface area contributed by atoms with Crippen LogP contribution in [0.5, 0.6) is 0 Å². The monoisotopic (exact) mass is 461 g/mol. The van der Waals surface area contributed by atoms with Gasteiger partial charge in [-0.15, -0.1) is 5.10 Å². The molecular formula is C23H20FN7O3. The van der Waals surface area contributed by atoms with E-state index in [9.17, 15) is 18.8 Å². The van der Waals surface area contributed by atoms with Gasteiger partial charge in [0.1, 0.15) is 12.1 Å². The lowest BCUT2D eigenvalue weighted by Gasteiger charge is -2.34. The van der Waals surface area contributed by atoms with Crippen LogP contribution in [0.1, 0.15) is 20.7 Å². The number of fused-ring (bicyclic) bond motifs is 1. The molecule has 0 unspecified atom stereocenters. The van der Waals surface area contributed by atoms with Gasteiger partial charge in [-0.05, 0) is 24.3 Å². The van der Waals surface area contributed by atoms with E-state index in [4.69, 9.17) is 5.73 Å². The SMILES string of the molecule is Nc1ncn(-c2ccc(F)c3c(C(=O)C(=O)N4CCN(C(=O)c5ccccc5)CC4)c[nH]c23)n1. The third kappa shape index (κ3) is 3.66. The number of carbonyl (C=O) groups excluding carboxylic acids is 3. The lowest BCUT2D eigenvalue weighted by atomic mass is 10.1. The average molecular weight is 461 g/mol. The van der Waals surface area contributed by atoms with Crippen LogP contribution in [0, 0.1) is 5.82 Å². The molecule has 4 aromatic rings. The predicted octanol–water partition coefficient (Wildman–Crippen LogP) is 1.64. The Hall–Kier alpha value is -4.54. The molecule has 2 amide bonds. The Morgan fingerprint density at radius 2 is 1.68 bits per heavy atom. The highest BCUT2D eigenvalue weighted by atomic mass is 19.1. The first-order chi connectivity index (χ1) is 16.4. The zero-order chi connectivity index (χ0) is 23.8. The number of anilines is 1. The Bertz CT molecular complexity index is 1400. The minimum atomic E-state index is -0.830. The van der Waals surface area contributed by atoms with Crippen LogP contribution < -0.4 is 5.73 Å². The second-order valence-electron chi connectivity index (χ2n) is 7.85. The quantitative estimate of drug-likeness (QED) is 0.351. The summed E-state index contributed by atoms with van der Waals surface area (Å²) in [6.45, 7) is 1.01. The fourth-order valence-electron chi connectivity index (χ4n) is 4.09. The number of benzene rings is 2. The lowest BCUT2D eigenvalue weighted by molar-refractivity contribution is -0.127. The van der Waals surface area contributed by atoms with Gasteiger partial charge in [-0.25, -0.2) is 14.1 Å². The molecule has 1 fully saturated rings. The fourth-order valence-corrected chi connectivity index (χ4v) is 4.09. The number of ketones is 1. The van der Waals surface area contributed by atoms with Crippen LogP contribution in [0.15, 0.2) is 55.0 Å². The summed E-state index contributed by atoms with van der Waals surface area (Å²) in [5.74, 6) is -2.31. The minimum Gasteiger partial charge on any atom is -0.366 e. The van der Waals surface area contributed by atoms with Crippen molar-refractivity contribution < 1.29 is 18.8 Å².